The van der Waals surface area contributed by atoms with Crippen molar-refractivity contribution in [1.82, 2.24) is 0 Å². The van der Waals surface area contributed by atoms with Crippen molar-refractivity contribution in [2.75, 3.05) is 4.72 Å². The Labute approximate surface area is 148 Å². The maximum absolute atomic E-state index is 12.6. The summed E-state index contributed by atoms with van der Waals surface area (Å²) in [5, 5.41) is 11.0. The number of anilines is 1. The predicted molar refractivity (Wildman–Crippen MR) is 89.4 cm³/mol. The van der Waals surface area contributed by atoms with Gasteiger partial charge in [-0.25, -0.2) is 8.42 Å². The average Bonchev–Trinajstić information content (AvgIpc) is 2.50. The molecule has 0 spiro atoms. The Bertz CT molecular complexity index is 897. The second-order valence-electron chi connectivity index (χ2n) is 5.21. The van der Waals surface area contributed by atoms with Gasteiger partial charge in [-0.15, -0.1) is 0 Å². The van der Waals surface area contributed by atoms with Crippen LogP contribution in [0.3, 0.4) is 0 Å². The van der Waals surface area contributed by atoms with Crippen LogP contribution in [0.2, 0.25) is 0 Å². The van der Waals surface area contributed by atoms with E-state index in [4.69, 9.17) is 0 Å². The molecule has 134 valence electrons. The summed E-state index contributed by atoms with van der Waals surface area (Å²) in [6.07, 6.45) is 0. The molecule has 0 saturated carbocycles. The van der Waals surface area contributed by atoms with Gasteiger partial charge in [-0.1, -0.05) is 11.8 Å². The first kappa shape index (κ1) is 19.2. The lowest BCUT2D eigenvalue weighted by Gasteiger charge is -2.15. The number of hydrogen-bond acceptors (Lipinski definition) is 5. The van der Waals surface area contributed by atoms with Crippen molar-refractivity contribution in [2.24, 2.45) is 0 Å². The molecule has 0 aliphatic carbocycles. The molecule has 0 bridgehead atoms. The summed E-state index contributed by atoms with van der Waals surface area (Å²) < 4.78 is 52.0. The van der Waals surface area contributed by atoms with E-state index in [1.165, 1.54) is 30.3 Å². The normalized spacial score (nSPS) is 11.6. The second kappa shape index (κ2) is 7.40. The SMILES string of the molecule is Cc1cc(C(=O)[O-])cc(S(=O)(=O)Nc2ccc(SC(F)F)cc2)c1C. The van der Waals surface area contributed by atoms with E-state index in [1.54, 1.807) is 13.8 Å². The molecule has 2 rings (SSSR count). The number of thioether (sulfide) groups is 1. The van der Waals surface area contributed by atoms with E-state index >= 15 is 0 Å². The van der Waals surface area contributed by atoms with E-state index in [9.17, 15) is 27.1 Å². The largest absolute Gasteiger partial charge is 0.545 e. The fraction of sp³-hybridized carbons (Fsp3) is 0.188. The highest BCUT2D eigenvalue weighted by atomic mass is 32.2. The first-order valence-corrected chi connectivity index (χ1v) is 9.36. The third-order valence-electron chi connectivity index (χ3n) is 3.48. The zero-order valence-electron chi connectivity index (χ0n) is 13.2. The number of carboxylic acids is 1. The number of nitrogens with one attached hydrogen (secondary N) is 1. The number of sulfonamides is 1. The fourth-order valence-corrected chi connectivity index (χ4v) is 4.04. The summed E-state index contributed by atoms with van der Waals surface area (Å²) in [5.74, 6) is -4.05. The number of carbonyl (C=O) groups excluding carboxylic acids is 1. The summed E-state index contributed by atoms with van der Waals surface area (Å²) >= 11 is 0.348. The van der Waals surface area contributed by atoms with Gasteiger partial charge in [0.05, 0.1) is 10.9 Å². The van der Waals surface area contributed by atoms with Crippen molar-refractivity contribution in [3.05, 3.63) is 53.1 Å². The molecule has 9 heteroatoms. The van der Waals surface area contributed by atoms with Crippen LogP contribution in [-0.2, 0) is 10.0 Å². The average molecular weight is 386 g/mol. The third-order valence-corrected chi connectivity index (χ3v) is 5.71. The van der Waals surface area contributed by atoms with Gasteiger partial charge >= 0.3 is 0 Å². The van der Waals surface area contributed by atoms with Crippen LogP contribution in [0.25, 0.3) is 0 Å². The van der Waals surface area contributed by atoms with Crippen molar-refractivity contribution in [2.45, 2.75) is 29.4 Å². The van der Waals surface area contributed by atoms with Crippen molar-refractivity contribution < 1.29 is 27.1 Å². The molecule has 25 heavy (non-hydrogen) atoms. The van der Waals surface area contributed by atoms with Gasteiger partial charge in [-0.2, -0.15) is 8.78 Å². The second-order valence-corrected chi connectivity index (χ2v) is 7.93. The van der Waals surface area contributed by atoms with E-state index in [0.717, 1.165) is 6.07 Å². The van der Waals surface area contributed by atoms with E-state index in [0.29, 0.717) is 27.8 Å². The molecule has 0 atom stereocenters. The maximum atomic E-state index is 12.6. The summed E-state index contributed by atoms with van der Waals surface area (Å²) in [7, 11) is -4.05. The number of hydrogen-bond donors (Lipinski definition) is 1. The maximum Gasteiger partial charge on any atom is 0.288 e. The van der Waals surface area contributed by atoms with E-state index < -0.39 is 21.8 Å². The van der Waals surface area contributed by atoms with E-state index in [1.807, 2.05) is 0 Å². The van der Waals surface area contributed by atoms with Crippen LogP contribution in [0.5, 0.6) is 0 Å². The Morgan fingerprint density at radius 2 is 1.76 bits per heavy atom. The molecule has 0 aliphatic rings. The van der Waals surface area contributed by atoms with Crippen LogP contribution in [0.4, 0.5) is 14.5 Å². The zero-order chi connectivity index (χ0) is 18.8. The van der Waals surface area contributed by atoms with Crippen molar-refractivity contribution in [3.63, 3.8) is 0 Å². The van der Waals surface area contributed by atoms with Gasteiger partial charge in [-0.3, -0.25) is 4.72 Å². The number of benzene rings is 2. The van der Waals surface area contributed by atoms with Crippen LogP contribution in [0.15, 0.2) is 46.2 Å². The molecule has 1 N–H and O–H groups in total. The van der Waals surface area contributed by atoms with Crippen LogP contribution >= 0.6 is 11.8 Å². The molecule has 0 amide bonds. The summed E-state index contributed by atoms with van der Waals surface area (Å²) in [5.41, 5.74) is 0.829. The van der Waals surface area contributed by atoms with Crippen LogP contribution in [0.1, 0.15) is 21.5 Å². The Balaban J connectivity index is 2.35. The van der Waals surface area contributed by atoms with Crippen LogP contribution in [-0.4, -0.2) is 20.1 Å². The van der Waals surface area contributed by atoms with Gasteiger partial charge in [-0.05, 0) is 66.9 Å². The molecular formula is C16H14F2NO4S2-. The minimum Gasteiger partial charge on any atom is -0.545 e. The minimum atomic E-state index is -4.05. The highest BCUT2D eigenvalue weighted by Crippen LogP contribution is 2.28. The Morgan fingerprint density at radius 1 is 1.16 bits per heavy atom. The quantitative estimate of drug-likeness (QED) is 0.772. The van der Waals surface area contributed by atoms with Crippen molar-refractivity contribution in [3.8, 4) is 0 Å². The zero-order valence-corrected chi connectivity index (χ0v) is 14.9. The molecule has 2 aromatic rings. The van der Waals surface area contributed by atoms with Gasteiger partial charge < -0.3 is 9.90 Å². The summed E-state index contributed by atoms with van der Waals surface area (Å²) in [6.45, 7) is 3.16. The Kier molecular flexibility index (Phi) is 5.69. The molecule has 0 aromatic heterocycles. The van der Waals surface area contributed by atoms with Gasteiger partial charge in [0.2, 0.25) is 0 Å². The molecule has 0 fully saturated rings. The fourth-order valence-electron chi connectivity index (χ4n) is 2.14. The Morgan fingerprint density at radius 3 is 2.28 bits per heavy atom. The molecule has 0 saturated heterocycles. The molecular weight excluding hydrogens is 372 g/mol. The molecule has 0 aliphatic heterocycles. The van der Waals surface area contributed by atoms with E-state index in [2.05, 4.69) is 4.72 Å². The van der Waals surface area contributed by atoms with Crippen LogP contribution in [0, 0.1) is 13.8 Å². The molecule has 5 nitrogen and oxygen atoms in total. The molecule has 0 radical (unpaired) electrons. The number of carbonyl (C=O) groups is 1. The topological polar surface area (TPSA) is 86.3 Å². The lowest BCUT2D eigenvalue weighted by Crippen LogP contribution is -2.23. The first-order chi connectivity index (χ1) is 11.6. The number of halogens is 2. The number of carboxylic acid groups (broad SMARTS) is 1. The van der Waals surface area contributed by atoms with E-state index in [-0.39, 0.29) is 16.1 Å². The van der Waals surface area contributed by atoms with Gasteiger partial charge in [0.15, 0.2) is 0 Å². The summed E-state index contributed by atoms with van der Waals surface area (Å²) in [6, 6.07) is 7.80. The number of alkyl halides is 2. The highest BCUT2D eigenvalue weighted by molar-refractivity contribution is 7.99. The third kappa shape index (κ3) is 4.70. The molecule has 0 heterocycles. The van der Waals surface area contributed by atoms with Gasteiger partial charge in [0, 0.05) is 10.6 Å². The predicted octanol–water partition coefficient (Wildman–Crippen LogP) is 2.78. The van der Waals surface area contributed by atoms with Gasteiger partial charge in [0.25, 0.3) is 15.8 Å². The first-order valence-electron chi connectivity index (χ1n) is 7.00. The molecule has 0 unspecified atom stereocenters. The van der Waals surface area contributed by atoms with Crippen LogP contribution < -0.4 is 9.83 Å². The van der Waals surface area contributed by atoms with Crippen molar-refractivity contribution in [1.29, 1.82) is 0 Å². The number of aromatic carboxylic acids is 1. The lowest BCUT2D eigenvalue weighted by atomic mass is 10.1. The summed E-state index contributed by atoms with van der Waals surface area (Å²) in [4.78, 5) is 11.2. The monoisotopic (exact) mass is 386 g/mol. The number of aryl methyl sites for hydroxylation is 1. The molecule has 2 aromatic carbocycles. The highest BCUT2D eigenvalue weighted by Gasteiger charge is 2.19. The standard InChI is InChI=1S/C16H15F2NO4S2/c1-9-7-11(15(20)21)8-14(10(9)2)25(22,23)19-12-3-5-13(6-4-12)24-16(17)18/h3-8,16,19H,1-2H3,(H,20,21)/p-1. The Hall–Kier alpha value is -2.13. The minimum absolute atomic E-state index is 0.175. The van der Waals surface area contributed by atoms with Crippen molar-refractivity contribution >= 4 is 33.4 Å². The lowest BCUT2D eigenvalue weighted by molar-refractivity contribution is -0.255. The number of rotatable bonds is 6. The smallest absolute Gasteiger partial charge is 0.288 e. The van der Waals surface area contributed by atoms with Gasteiger partial charge in [0.1, 0.15) is 0 Å².